The van der Waals surface area contributed by atoms with Gasteiger partial charge in [-0.3, -0.25) is 4.79 Å². The minimum Gasteiger partial charge on any atom is -0.493 e. The predicted octanol–water partition coefficient (Wildman–Crippen LogP) is 5.02. The van der Waals surface area contributed by atoms with Crippen LogP contribution in [0.5, 0.6) is 11.5 Å². The zero-order valence-electron chi connectivity index (χ0n) is 20.7. The Kier molecular flexibility index (Phi) is 7.54. The van der Waals surface area contributed by atoms with E-state index in [1.54, 1.807) is 26.4 Å². The summed E-state index contributed by atoms with van der Waals surface area (Å²) < 4.78 is 16.2. The molecule has 1 N–H and O–H groups in total. The van der Waals surface area contributed by atoms with Crippen LogP contribution in [0, 0.1) is 11.8 Å². The van der Waals surface area contributed by atoms with E-state index >= 15 is 0 Å². The van der Waals surface area contributed by atoms with Crippen molar-refractivity contribution in [1.82, 2.24) is 10.3 Å². The maximum atomic E-state index is 13.1. The SMILES string of the molecule is COc1ccc(-c2cc(C(=O)OCC(=O)NC3CCCC(C)C3C)c3ccccc3n2)cc1OC. The first-order valence-corrected chi connectivity index (χ1v) is 12.0. The van der Waals surface area contributed by atoms with E-state index in [9.17, 15) is 9.59 Å². The third-order valence-corrected chi connectivity index (χ3v) is 7.00. The predicted molar refractivity (Wildman–Crippen MR) is 135 cm³/mol. The van der Waals surface area contributed by atoms with Gasteiger partial charge in [0.25, 0.3) is 5.91 Å². The van der Waals surface area contributed by atoms with Gasteiger partial charge in [0.1, 0.15) is 0 Å². The number of pyridine rings is 1. The number of hydrogen-bond donors (Lipinski definition) is 1. The summed E-state index contributed by atoms with van der Waals surface area (Å²) in [6.07, 6.45) is 3.23. The van der Waals surface area contributed by atoms with Crippen LogP contribution in [0.4, 0.5) is 0 Å². The van der Waals surface area contributed by atoms with Gasteiger partial charge in [-0.15, -0.1) is 0 Å². The van der Waals surface area contributed by atoms with Crippen molar-refractivity contribution < 1.29 is 23.8 Å². The van der Waals surface area contributed by atoms with Crippen molar-refractivity contribution in [3.8, 4) is 22.8 Å². The summed E-state index contributed by atoms with van der Waals surface area (Å²) >= 11 is 0. The Labute approximate surface area is 205 Å². The molecule has 1 saturated carbocycles. The molecule has 3 aromatic rings. The van der Waals surface area contributed by atoms with E-state index < -0.39 is 5.97 Å². The van der Waals surface area contributed by atoms with Gasteiger partial charge >= 0.3 is 5.97 Å². The summed E-state index contributed by atoms with van der Waals surface area (Å²) in [4.78, 5) is 30.4. The highest BCUT2D eigenvalue weighted by molar-refractivity contribution is 6.05. The highest BCUT2D eigenvalue weighted by atomic mass is 16.5. The van der Waals surface area contributed by atoms with E-state index in [1.165, 1.54) is 6.42 Å². The van der Waals surface area contributed by atoms with Gasteiger partial charge in [-0.05, 0) is 48.6 Å². The summed E-state index contributed by atoms with van der Waals surface area (Å²) in [7, 11) is 3.14. The summed E-state index contributed by atoms with van der Waals surface area (Å²) in [6.45, 7) is 4.06. The first-order chi connectivity index (χ1) is 16.9. The van der Waals surface area contributed by atoms with Crippen LogP contribution in [-0.2, 0) is 9.53 Å². The van der Waals surface area contributed by atoms with Crippen molar-refractivity contribution >= 4 is 22.8 Å². The third-order valence-electron chi connectivity index (χ3n) is 7.00. The Morgan fingerprint density at radius 3 is 2.54 bits per heavy atom. The Morgan fingerprint density at radius 1 is 1.00 bits per heavy atom. The number of hydrogen-bond acceptors (Lipinski definition) is 6. The molecule has 1 aliphatic carbocycles. The third kappa shape index (κ3) is 5.39. The van der Waals surface area contributed by atoms with E-state index in [4.69, 9.17) is 19.2 Å². The second kappa shape index (κ2) is 10.8. The van der Waals surface area contributed by atoms with Gasteiger partial charge in [-0.2, -0.15) is 0 Å². The molecule has 0 bridgehead atoms. The second-order valence-electron chi connectivity index (χ2n) is 9.16. The standard InChI is InChI=1S/C28H32N2O5/c1-17-8-7-11-22(18(17)2)30-27(31)16-35-28(32)21-15-24(29-23-10-6-5-9-20(21)23)19-12-13-25(33-3)26(14-19)34-4/h5-6,9-10,12-15,17-18,22H,7-8,11,16H2,1-4H3,(H,30,31). The molecule has 0 aliphatic heterocycles. The number of esters is 1. The Balaban J connectivity index is 1.55. The normalized spacial score (nSPS) is 19.7. The molecule has 3 atom stereocenters. The Morgan fingerprint density at radius 2 is 1.77 bits per heavy atom. The Bertz CT molecular complexity index is 1230. The van der Waals surface area contributed by atoms with Gasteiger partial charge in [-0.25, -0.2) is 9.78 Å². The number of benzene rings is 2. The molecule has 0 spiro atoms. The van der Waals surface area contributed by atoms with Crippen LogP contribution in [0.25, 0.3) is 22.2 Å². The number of ether oxygens (including phenoxy) is 3. The van der Waals surface area contributed by atoms with Crippen molar-refractivity contribution in [3.63, 3.8) is 0 Å². The molecule has 7 nitrogen and oxygen atoms in total. The van der Waals surface area contributed by atoms with E-state index in [2.05, 4.69) is 19.2 Å². The van der Waals surface area contributed by atoms with Gasteiger partial charge in [0.2, 0.25) is 0 Å². The molecule has 0 radical (unpaired) electrons. The lowest BCUT2D eigenvalue weighted by Gasteiger charge is -2.34. The number of methoxy groups -OCH3 is 2. The zero-order chi connectivity index (χ0) is 24.9. The molecule has 1 fully saturated rings. The van der Waals surface area contributed by atoms with E-state index in [-0.39, 0.29) is 18.6 Å². The number of para-hydroxylation sites is 1. The number of aromatic nitrogens is 1. The lowest BCUT2D eigenvalue weighted by molar-refractivity contribution is -0.125. The van der Waals surface area contributed by atoms with Crippen molar-refractivity contribution in [2.75, 3.05) is 20.8 Å². The minimum absolute atomic E-state index is 0.114. The quantitative estimate of drug-likeness (QED) is 0.482. The van der Waals surface area contributed by atoms with Gasteiger partial charge in [0.05, 0.1) is 31.0 Å². The summed E-state index contributed by atoms with van der Waals surface area (Å²) in [5, 5.41) is 3.71. The maximum Gasteiger partial charge on any atom is 0.339 e. The van der Waals surface area contributed by atoms with Crippen LogP contribution in [0.3, 0.4) is 0 Å². The highest BCUT2D eigenvalue weighted by Crippen LogP contribution is 2.33. The fraction of sp³-hybridized carbons (Fsp3) is 0.393. The fourth-order valence-corrected chi connectivity index (χ4v) is 4.73. The van der Waals surface area contributed by atoms with Crippen LogP contribution >= 0.6 is 0 Å². The largest absolute Gasteiger partial charge is 0.493 e. The van der Waals surface area contributed by atoms with Crippen molar-refractivity contribution in [3.05, 3.63) is 54.1 Å². The van der Waals surface area contributed by atoms with Crippen LogP contribution in [0.15, 0.2) is 48.5 Å². The number of carbonyl (C=O) groups excluding carboxylic acids is 2. The monoisotopic (exact) mass is 476 g/mol. The average molecular weight is 477 g/mol. The van der Waals surface area contributed by atoms with E-state index in [0.717, 1.165) is 18.4 Å². The van der Waals surface area contributed by atoms with E-state index in [1.807, 2.05) is 36.4 Å². The van der Waals surface area contributed by atoms with Crippen molar-refractivity contribution in [2.24, 2.45) is 11.8 Å². The highest BCUT2D eigenvalue weighted by Gasteiger charge is 2.28. The molecule has 3 unspecified atom stereocenters. The maximum absolute atomic E-state index is 13.1. The number of rotatable bonds is 7. The van der Waals surface area contributed by atoms with Crippen LogP contribution in [-0.4, -0.2) is 43.7 Å². The lowest BCUT2D eigenvalue weighted by Crippen LogP contribution is -2.45. The molecule has 4 rings (SSSR count). The molecule has 1 amide bonds. The summed E-state index contributed by atoms with van der Waals surface area (Å²) in [6, 6.07) is 14.6. The molecule has 7 heteroatoms. The van der Waals surface area contributed by atoms with E-state index in [0.29, 0.717) is 45.5 Å². The fourth-order valence-electron chi connectivity index (χ4n) is 4.73. The lowest BCUT2D eigenvalue weighted by atomic mass is 9.78. The molecule has 184 valence electrons. The number of nitrogens with one attached hydrogen (secondary N) is 1. The Hall–Kier alpha value is -3.61. The number of nitrogens with zero attached hydrogens (tertiary/aromatic N) is 1. The van der Waals surface area contributed by atoms with Gasteiger partial charge in [0, 0.05) is 17.0 Å². The topological polar surface area (TPSA) is 86.8 Å². The molecule has 1 aromatic heterocycles. The zero-order valence-corrected chi connectivity index (χ0v) is 20.7. The van der Waals surface area contributed by atoms with Crippen LogP contribution in [0.2, 0.25) is 0 Å². The number of carbonyl (C=O) groups is 2. The first kappa shape index (κ1) is 24.5. The van der Waals surface area contributed by atoms with Gasteiger partial charge in [0.15, 0.2) is 18.1 Å². The molecular weight excluding hydrogens is 444 g/mol. The molecule has 0 saturated heterocycles. The van der Waals surface area contributed by atoms with Crippen LogP contribution in [0.1, 0.15) is 43.5 Å². The average Bonchev–Trinajstić information content (AvgIpc) is 2.88. The molecule has 35 heavy (non-hydrogen) atoms. The van der Waals surface area contributed by atoms with Crippen LogP contribution < -0.4 is 14.8 Å². The molecule has 1 aliphatic rings. The van der Waals surface area contributed by atoms with Crippen molar-refractivity contribution in [1.29, 1.82) is 0 Å². The molecular formula is C28H32N2O5. The van der Waals surface area contributed by atoms with Crippen molar-refractivity contribution in [2.45, 2.75) is 39.2 Å². The summed E-state index contributed by atoms with van der Waals surface area (Å²) in [5.41, 5.74) is 2.36. The summed E-state index contributed by atoms with van der Waals surface area (Å²) in [5.74, 6) is 1.29. The molecule has 2 aromatic carbocycles. The van der Waals surface area contributed by atoms with Gasteiger partial charge < -0.3 is 19.5 Å². The minimum atomic E-state index is -0.564. The smallest absolute Gasteiger partial charge is 0.339 e. The first-order valence-electron chi connectivity index (χ1n) is 12.0. The number of fused-ring (bicyclic) bond motifs is 1. The second-order valence-corrected chi connectivity index (χ2v) is 9.16. The number of amides is 1. The van der Waals surface area contributed by atoms with Gasteiger partial charge in [-0.1, -0.05) is 44.9 Å². The molecule has 1 heterocycles.